The summed E-state index contributed by atoms with van der Waals surface area (Å²) >= 11 is 5.11. The van der Waals surface area contributed by atoms with Crippen molar-refractivity contribution in [3.05, 3.63) is 48.3 Å². The number of nitrogens with zero attached hydrogens (tertiary/aromatic N) is 1. The fraction of sp³-hybridized carbons (Fsp3) is 0.0769. The van der Waals surface area contributed by atoms with E-state index in [1.807, 2.05) is 42.6 Å². The number of aromatic nitrogens is 1. The molecule has 0 spiro atoms. The highest BCUT2D eigenvalue weighted by molar-refractivity contribution is 7.80. The molecule has 3 N–H and O–H groups in total. The second-order valence-electron chi connectivity index (χ2n) is 3.68. The fourth-order valence-electron chi connectivity index (χ4n) is 1.42. The molecule has 2 rings (SSSR count). The molecule has 6 heteroatoms. The average molecular weight is 274 g/mol. The number of hydrogen-bond acceptors (Lipinski definition) is 3. The number of nitrogens with one attached hydrogen (secondary N) is 3. The molecule has 0 saturated carbocycles. The maximum atomic E-state index is 5.11. The van der Waals surface area contributed by atoms with Gasteiger partial charge in [-0.1, -0.05) is 0 Å². The molecule has 0 atom stereocenters. The van der Waals surface area contributed by atoms with E-state index in [2.05, 4.69) is 20.8 Å². The van der Waals surface area contributed by atoms with Crippen LogP contribution in [0.25, 0.3) is 0 Å². The van der Waals surface area contributed by atoms with Gasteiger partial charge in [0.25, 0.3) is 0 Å². The summed E-state index contributed by atoms with van der Waals surface area (Å²) in [5.74, 6) is 0.800. The number of hydrogen-bond donors (Lipinski definition) is 3. The Labute approximate surface area is 116 Å². The highest BCUT2D eigenvalue weighted by Crippen LogP contribution is 2.14. The van der Waals surface area contributed by atoms with E-state index < -0.39 is 0 Å². The smallest absolute Gasteiger partial charge is 0.191 e. The number of methoxy groups -OCH3 is 1. The van der Waals surface area contributed by atoms with Gasteiger partial charge >= 0.3 is 0 Å². The van der Waals surface area contributed by atoms with Gasteiger partial charge in [0.15, 0.2) is 5.11 Å². The highest BCUT2D eigenvalue weighted by Gasteiger charge is 1.96. The van der Waals surface area contributed by atoms with Gasteiger partial charge < -0.3 is 15.0 Å². The molecule has 0 saturated heterocycles. The fourth-order valence-corrected chi connectivity index (χ4v) is 1.59. The molecule has 0 fully saturated rings. The molecule has 19 heavy (non-hydrogen) atoms. The number of ether oxygens (including phenoxy) is 1. The van der Waals surface area contributed by atoms with Gasteiger partial charge in [-0.05, 0) is 48.6 Å². The van der Waals surface area contributed by atoms with Gasteiger partial charge in [-0.3, -0.25) is 5.43 Å². The van der Waals surface area contributed by atoms with Crippen LogP contribution in [-0.2, 0) is 0 Å². The van der Waals surface area contributed by atoms with Crippen LogP contribution in [0.5, 0.6) is 5.75 Å². The van der Waals surface area contributed by atoms with Gasteiger partial charge in [0.05, 0.1) is 19.0 Å². The molecule has 2 aromatic rings. The van der Waals surface area contributed by atoms with Crippen molar-refractivity contribution in [2.45, 2.75) is 0 Å². The van der Waals surface area contributed by atoms with Crippen LogP contribution >= 0.6 is 12.2 Å². The Morgan fingerprint density at radius 2 is 2.11 bits per heavy atom. The summed E-state index contributed by atoms with van der Waals surface area (Å²) in [7, 11) is 1.63. The molecule has 0 aliphatic carbocycles. The Bertz CT molecular complexity index is 549. The van der Waals surface area contributed by atoms with E-state index in [-0.39, 0.29) is 0 Å². The second kappa shape index (κ2) is 6.55. The van der Waals surface area contributed by atoms with Crippen LogP contribution in [0.15, 0.2) is 47.7 Å². The molecule has 0 unspecified atom stereocenters. The first-order valence-corrected chi connectivity index (χ1v) is 6.06. The topological polar surface area (TPSA) is 61.4 Å². The molecule has 0 radical (unpaired) electrons. The summed E-state index contributed by atoms with van der Waals surface area (Å²) < 4.78 is 5.08. The Morgan fingerprint density at radius 3 is 2.74 bits per heavy atom. The van der Waals surface area contributed by atoms with Gasteiger partial charge in [-0.25, -0.2) is 0 Å². The zero-order valence-corrected chi connectivity index (χ0v) is 11.2. The van der Waals surface area contributed by atoms with Crippen molar-refractivity contribution < 1.29 is 4.74 Å². The number of thiocarbonyl (C=S) groups is 1. The summed E-state index contributed by atoms with van der Waals surface area (Å²) in [6.45, 7) is 0. The predicted molar refractivity (Wildman–Crippen MR) is 80.7 cm³/mol. The number of rotatable bonds is 4. The molecule has 5 nitrogen and oxygen atoms in total. The number of anilines is 1. The molecule has 0 bridgehead atoms. The van der Waals surface area contributed by atoms with E-state index in [0.29, 0.717) is 5.11 Å². The first kappa shape index (κ1) is 13.1. The lowest BCUT2D eigenvalue weighted by atomic mass is 10.3. The second-order valence-corrected chi connectivity index (χ2v) is 4.09. The monoisotopic (exact) mass is 274 g/mol. The van der Waals surface area contributed by atoms with Gasteiger partial charge in [0.2, 0.25) is 0 Å². The summed E-state index contributed by atoms with van der Waals surface area (Å²) in [6, 6.07) is 11.3. The van der Waals surface area contributed by atoms with Crippen molar-refractivity contribution in [2.75, 3.05) is 12.4 Å². The van der Waals surface area contributed by atoms with Crippen molar-refractivity contribution in [3.8, 4) is 5.75 Å². The molecular formula is C13H14N4OS. The van der Waals surface area contributed by atoms with E-state index in [1.165, 1.54) is 0 Å². The van der Waals surface area contributed by atoms with Gasteiger partial charge in [-0.15, -0.1) is 0 Å². The van der Waals surface area contributed by atoms with Crippen molar-refractivity contribution >= 4 is 29.2 Å². The van der Waals surface area contributed by atoms with Crippen molar-refractivity contribution in [1.29, 1.82) is 0 Å². The minimum absolute atomic E-state index is 0.424. The first-order valence-electron chi connectivity index (χ1n) is 5.65. The van der Waals surface area contributed by atoms with Gasteiger partial charge in [-0.2, -0.15) is 5.10 Å². The highest BCUT2D eigenvalue weighted by atomic mass is 32.1. The third-order valence-corrected chi connectivity index (χ3v) is 2.53. The van der Waals surface area contributed by atoms with E-state index in [4.69, 9.17) is 17.0 Å². The maximum Gasteiger partial charge on any atom is 0.191 e. The Morgan fingerprint density at radius 1 is 1.32 bits per heavy atom. The van der Waals surface area contributed by atoms with Crippen molar-refractivity contribution in [3.63, 3.8) is 0 Å². The lowest BCUT2D eigenvalue weighted by Gasteiger charge is -2.07. The number of H-pyrrole nitrogens is 1. The van der Waals surface area contributed by atoms with Crippen LogP contribution in [0.3, 0.4) is 0 Å². The van der Waals surface area contributed by atoms with Gasteiger partial charge in [0, 0.05) is 11.9 Å². The summed E-state index contributed by atoms with van der Waals surface area (Å²) in [5, 5.41) is 7.45. The van der Waals surface area contributed by atoms with Crippen LogP contribution < -0.4 is 15.5 Å². The zero-order chi connectivity index (χ0) is 13.5. The third kappa shape index (κ3) is 4.11. The zero-order valence-electron chi connectivity index (χ0n) is 10.4. The quantitative estimate of drug-likeness (QED) is 0.455. The standard InChI is InChI=1S/C13H14N4OS/c1-18-12-6-4-10(5-7-12)16-13(19)17-15-9-11-3-2-8-14-11/h2-9,14H,1H3,(H2,16,17,19)/b15-9+. The number of aromatic amines is 1. The van der Waals surface area contributed by atoms with Crippen LogP contribution in [0, 0.1) is 0 Å². The number of hydrazone groups is 1. The Hall–Kier alpha value is -2.34. The molecule has 0 amide bonds. The summed E-state index contributed by atoms with van der Waals surface area (Å²) in [6.07, 6.45) is 3.48. The SMILES string of the molecule is COc1ccc(NC(=S)N/N=C/c2ccc[nH]2)cc1. The van der Waals surface area contributed by atoms with E-state index in [1.54, 1.807) is 13.3 Å². The largest absolute Gasteiger partial charge is 0.497 e. The first-order chi connectivity index (χ1) is 9.28. The third-order valence-electron chi connectivity index (χ3n) is 2.34. The van der Waals surface area contributed by atoms with Gasteiger partial charge in [0.1, 0.15) is 5.75 Å². The molecule has 98 valence electrons. The number of benzene rings is 1. The maximum absolute atomic E-state index is 5.11. The molecule has 1 aromatic heterocycles. The van der Waals surface area contributed by atoms with Crippen LogP contribution in [0.1, 0.15) is 5.69 Å². The molecule has 1 heterocycles. The average Bonchev–Trinajstić information content (AvgIpc) is 2.93. The van der Waals surface area contributed by atoms with Crippen LogP contribution in [0.2, 0.25) is 0 Å². The molecule has 0 aliphatic rings. The lowest BCUT2D eigenvalue weighted by molar-refractivity contribution is 0.415. The summed E-state index contributed by atoms with van der Waals surface area (Å²) in [4.78, 5) is 3.01. The molecule has 1 aromatic carbocycles. The Kier molecular flexibility index (Phi) is 4.52. The van der Waals surface area contributed by atoms with E-state index >= 15 is 0 Å². The minimum atomic E-state index is 0.424. The van der Waals surface area contributed by atoms with Crippen molar-refractivity contribution in [1.82, 2.24) is 10.4 Å². The van der Waals surface area contributed by atoms with E-state index in [9.17, 15) is 0 Å². The normalized spacial score (nSPS) is 10.4. The minimum Gasteiger partial charge on any atom is -0.497 e. The summed E-state index contributed by atoms with van der Waals surface area (Å²) in [5.41, 5.74) is 4.51. The van der Waals surface area contributed by atoms with Crippen LogP contribution in [0.4, 0.5) is 5.69 Å². The van der Waals surface area contributed by atoms with Crippen LogP contribution in [-0.4, -0.2) is 23.4 Å². The van der Waals surface area contributed by atoms with Crippen molar-refractivity contribution in [2.24, 2.45) is 5.10 Å². The van der Waals surface area contributed by atoms with E-state index in [0.717, 1.165) is 17.1 Å². The predicted octanol–water partition coefficient (Wildman–Crippen LogP) is 2.34. The Balaban J connectivity index is 1.83. The molecular weight excluding hydrogens is 260 g/mol. The molecule has 0 aliphatic heterocycles. The lowest BCUT2D eigenvalue weighted by Crippen LogP contribution is -2.23.